The van der Waals surface area contributed by atoms with Gasteiger partial charge in [0, 0.05) is 17.9 Å². The minimum absolute atomic E-state index is 0.268. The second-order valence-electron chi connectivity index (χ2n) is 4.85. The van der Waals surface area contributed by atoms with Gasteiger partial charge in [-0.05, 0) is 42.0 Å². The van der Waals surface area contributed by atoms with Gasteiger partial charge in [0.05, 0.1) is 13.7 Å². The summed E-state index contributed by atoms with van der Waals surface area (Å²) in [4.78, 5) is 13.2. The third-order valence-corrected chi connectivity index (χ3v) is 3.23. The van der Waals surface area contributed by atoms with Crippen molar-refractivity contribution in [3.05, 3.63) is 59.9 Å². The van der Waals surface area contributed by atoms with Crippen LogP contribution in [0.3, 0.4) is 0 Å². The highest BCUT2D eigenvalue weighted by Gasteiger charge is 2.07. The average molecular weight is 312 g/mol. The Balaban J connectivity index is 2.12. The Hall–Kier alpha value is -3.00. The molecule has 0 aromatic heterocycles. The Kier molecular flexibility index (Phi) is 5.59. The molecule has 2 aromatic carbocycles. The van der Waals surface area contributed by atoms with Gasteiger partial charge in [-0.2, -0.15) is 0 Å². The first-order valence-corrected chi connectivity index (χ1v) is 7.00. The number of methoxy groups -OCH3 is 1. The normalized spacial score (nSPS) is 9.78. The highest BCUT2D eigenvalue weighted by molar-refractivity contribution is 5.84. The molecule has 1 amide bonds. The molecule has 0 unspecified atom stereocenters. The van der Waals surface area contributed by atoms with Crippen molar-refractivity contribution in [3.63, 3.8) is 0 Å². The van der Waals surface area contributed by atoms with Crippen molar-refractivity contribution < 1.29 is 13.9 Å². The van der Waals surface area contributed by atoms with Gasteiger partial charge in [0.2, 0.25) is 0 Å². The lowest BCUT2D eigenvalue weighted by atomic mass is 10.2. The van der Waals surface area contributed by atoms with E-state index < -0.39 is 6.09 Å². The number of amides is 1. The molecule has 2 aromatic rings. The molecule has 0 fully saturated rings. The Morgan fingerprint density at radius 3 is 2.43 bits per heavy atom. The van der Waals surface area contributed by atoms with Gasteiger partial charge in [0.15, 0.2) is 0 Å². The lowest BCUT2D eigenvalue weighted by Gasteiger charge is -2.23. The number of hydrogen-bond donors (Lipinski definition) is 1. The summed E-state index contributed by atoms with van der Waals surface area (Å²) in [6, 6.07) is 13.5. The van der Waals surface area contributed by atoms with Crippen LogP contribution in [0, 0.1) is 18.2 Å². The number of carbonyl (C=O) groups is 1. The van der Waals surface area contributed by atoms with Gasteiger partial charge >= 0.3 is 6.09 Å². The topological polar surface area (TPSA) is 41.6 Å². The Morgan fingerprint density at radius 1 is 1.22 bits per heavy atom. The van der Waals surface area contributed by atoms with Crippen LogP contribution < -0.4 is 10.2 Å². The molecule has 2 rings (SSSR count). The third kappa shape index (κ3) is 4.75. The SMILES string of the molecule is C#CCN(Cc1ccc(F)cc1)c1ccc(NC(=O)OC)cc1. The standard InChI is InChI=1S/C18H17FN2O2/c1-3-12-21(13-14-4-6-15(19)7-5-14)17-10-8-16(9-11-17)20-18(22)23-2/h1,4-11H,12-13H2,2H3,(H,20,22). The Morgan fingerprint density at radius 2 is 1.87 bits per heavy atom. The Labute approximate surface area is 134 Å². The van der Waals surface area contributed by atoms with E-state index in [0.29, 0.717) is 18.8 Å². The molecular formula is C18H17FN2O2. The predicted molar refractivity (Wildman–Crippen MR) is 88.8 cm³/mol. The predicted octanol–water partition coefficient (Wildman–Crippen LogP) is 3.64. The van der Waals surface area contributed by atoms with E-state index in [0.717, 1.165) is 11.3 Å². The summed E-state index contributed by atoms with van der Waals surface area (Å²) < 4.78 is 17.5. The zero-order valence-electron chi connectivity index (χ0n) is 12.8. The first-order chi connectivity index (χ1) is 11.1. The molecule has 0 aliphatic rings. The second kappa shape index (κ2) is 7.85. The van der Waals surface area contributed by atoms with Crippen LogP contribution in [0.2, 0.25) is 0 Å². The summed E-state index contributed by atoms with van der Waals surface area (Å²) in [6.45, 7) is 0.982. The van der Waals surface area contributed by atoms with Crippen molar-refractivity contribution in [3.8, 4) is 12.3 Å². The van der Waals surface area contributed by atoms with Gasteiger partial charge in [-0.15, -0.1) is 6.42 Å². The minimum Gasteiger partial charge on any atom is -0.453 e. The van der Waals surface area contributed by atoms with E-state index in [-0.39, 0.29) is 5.82 Å². The van der Waals surface area contributed by atoms with Crippen LogP contribution in [0.1, 0.15) is 5.56 Å². The molecule has 0 saturated carbocycles. The van der Waals surface area contributed by atoms with E-state index in [4.69, 9.17) is 6.42 Å². The molecule has 118 valence electrons. The zero-order valence-corrected chi connectivity index (χ0v) is 12.8. The van der Waals surface area contributed by atoms with E-state index >= 15 is 0 Å². The van der Waals surface area contributed by atoms with Crippen LogP contribution in [0.15, 0.2) is 48.5 Å². The largest absolute Gasteiger partial charge is 0.453 e. The van der Waals surface area contributed by atoms with E-state index in [1.165, 1.54) is 19.2 Å². The summed E-state index contributed by atoms with van der Waals surface area (Å²) in [7, 11) is 1.31. The fraction of sp³-hybridized carbons (Fsp3) is 0.167. The van der Waals surface area contributed by atoms with Gasteiger partial charge in [0.1, 0.15) is 5.82 Å². The summed E-state index contributed by atoms with van der Waals surface area (Å²) in [5.74, 6) is 2.35. The second-order valence-corrected chi connectivity index (χ2v) is 4.85. The first kappa shape index (κ1) is 16.4. The maximum atomic E-state index is 13.0. The molecule has 0 atom stereocenters. The molecule has 0 saturated heterocycles. The van der Waals surface area contributed by atoms with Crippen molar-refractivity contribution in [1.82, 2.24) is 0 Å². The molecule has 23 heavy (non-hydrogen) atoms. The quantitative estimate of drug-likeness (QED) is 0.857. The van der Waals surface area contributed by atoms with Crippen LogP contribution in [-0.4, -0.2) is 19.7 Å². The number of anilines is 2. The van der Waals surface area contributed by atoms with Crippen molar-refractivity contribution in [2.24, 2.45) is 0 Å². The monoisotopic (exact) mass is 312 g/mol. The summed E-state index contributed by atoms with van der Waals surface area (Å²) >= 11 is 0. The highest BCUT2D eigenvalue weighted by Crippen LogP contribution is 2.20. The number of terminal acetylenes is 1. The fourth-order valence-electron chi connectivity index (χ4n) is 2.08. The number of benzene rings is 2. The molecule has 0 bridgehead atoms. The van der Waals surface area contributed by atoms with Crippen molar-refractivity contribution in [2.45, 2.75) is 6.54 Å². The van der Waals surface area contributed by atoms with E-state index in [1.807, 2.05) is 17.0 Å². The van der Waals surface area contributed by atoms with Crippen LogP contribution in [0.4, 0.5) is 20.6 Å². The Bertz CT molecular complexity index is 690. The van der Waals surface area contributed by atoms with Gasteiger partial charge in [-0.3, -0.25) is 5.32 Å². The first-order valence-electron chi connectivity index (χ1n) is 7.00. The molecule has 0 aliphatic carbocycles. The van der Waals surface area contributed by atoms with Gasteiger partial charge in [-0.1, -0.05) is 18.1 Å². The summed E-state index contributed by atoms with van der Waals surface area (Å²) in [5, 5.41) is 2.58. The molecule has 0 aliphatic heterocycles. The number of rotatable bonds is 5. The molecule has 4 nitrogen and oxygen atoms in total. The third-order valence-electron chi connectivity index (χ3n) is 3.23. The number of ether oxygens (including phenoxy) is 1. The van der Waals surface area contributed by atoms with Gasteiger partial charge < -0.3 is 9.64 Å². The minimum atomic E-state index is -0.524. The smallest absolute Gasteiger partial charge is 0.411 e. The number of carbonyl (C=O) groups excluding carboxylic acids is 1. The maximum absolute atomic E-state index is 13.0. The summed E-state index contributed by atoms with van der Waals surface area (Å²) in [5.41, 5.74) is 2.49. The van der Waals surface area contributed by atoms with E-state index in [1.54, 1.807) is 24.3 Å². The van der Waals surface area contributed by atoms with Crippen molar-refractivity contribution >= 4 is 17.5 Å². The van der Waals surface area contributed by atoms with Crippen LogP contribution >= 0.6 is 0 Å². The van der Waals surface area contributed by atoms with E-state index in [2.05, 4.69) is 16.0 Å². The van der Waals surface area contributed by atoms with Gasteiger partial charge in [-0.25, -0.2) is 9.18 Å². The molecule has 5 heteroatoms. The lowest BCUT2D eigenvalue weighted by molar-refractivity contribution is 0.187. The van der Waals surface area contributed by atoms with Crippen LogP contribution in [0.25, 0.3) is 0 Å². The molecule has 0 heterocycles. The van der Waals surface area contributed by atoms with Crippen LogP contribution in [0.5, 0.6) is 0 Å². The van der Waals surface area contributed by atoms with Gasteiger partial charge in [0.25, 0.3) is 0 Å². The van der Waals surface area contributed by atoms with Crippen LogP contribution in [-0.2, 0) is 11.3 Å². The fourth-order valence-corrected chi connectivity index (χ4v) is 2.08. The van der Waals surface area contributed by atoms with Crippen molar-refractivity contribution in [1.29, 1.82) is 0 Å². The number of nitrogens with zero attached hydrogens (tertiary/aromatic N) is 1. The highest BCUT2D eigenvalue weighted by atomic mass is 19.1. The summed E-state index contributed by atoms with van der Waals surface area (Å²) in [6.07, 6.45) is 4.91. The molecule has 0 spiro atoms. The molecule has 1 N–H and O–H groups in total. The average Bonchev–Trinajstić information content (AvgIpc) is 2.57. The van der Waals surface area contributed by atoms with Crippen molar-refractivity contribution in [2.75, 3.05) is 23.9 Å². The molecule has 0 radical (unpaired) electrons. The number of nitrogens with one attached hydrogen (secondary N) is 1. The zero-order chi connectivity index (χ0) is 16.7. The lowest BCUT2D eigenvalue weighted by Crippen LogP contribution is -2.23. The maximum Gasteiger partial charge on any atom is 0.411 e. The van der Waals surface area contributed by atoms with E-state index in [9.17, 15) is 9.18 Å². The number of hydrogen-bond acceptors (Lipinski definition) is 3. The molecular weight excluding hydrogens is 295 g/mol. The number of halogens is 1.